The molecule has 3 aliphatic rings. The number of likely N-dealkylation sites (tertiary alicyclic amines) is 1. The molecule has 33 heavy (non-hydrogen) atoms. The molecule has 5 rings (SSSR count). The van der Waals surface area contributed by atoms with Crippen LogP contribution < -0.4 is 14.8 Å². The number of amides is 2. The molecule has 0 radical (unpaired) electrons. The van der Waals surface area contributed by atoms with Gasteiger partial charge < -0.3 is 24.7 Å². The van der Waals surface area contributed by atoms with E-state index in [2.05, 4.69) is 10.3 Å². The van der Waals surface area contributed by atoms with Crippen LogP contribution in [0.4, 0.5) is 5.69 Å². The van der Waals surface area contributed by atoms with Crippen molar-refractivity contribution >= 4 is 27.5 Å². The number of H-pyrrole nitrogens is 1. The predicted octanol–water partition coefficient (Wildman–Crippen LogP) is 2.02. The van der Waals surface area contributed by atoms with Crippen molar-refractivity contribution in [1.29, 1.82) is 0 Å². The first-order valence-corrected chi connectivity index (χ1v) is 12.5. The monoisotopic (exact) mass is 474 g/mol. The molecule has 176 valence electrons. The lowest BCUT2D eigenvalue weighted by atomic mass is 9.98. The van der Waals surface area contributed by atoms with E-state index in [4.69, 9.17) is 9.47 Å². The van der Waals surface area contributed by atoms with Gasteiger partial charge in [0.15, 0.2) is 11.5 Å². The molecule has 1 aromatic heterocycles. The fourth-order valence-corrected chi connectivity index (χ4v) is 6.00. The molecule has 0 unspecified atom stereocenters. The van der Waals surface area contributed by atoms with Gasteiger partial charge in [0.1, 0.15) is 10.6 Å². The van der Waals surface area contributed by atoms with Crippen LogP contribution in [-0.2, 0) is 14.8 Å². The standard InChI is InChI=1S/C22H26N4O6S/c27-21(24-16-5-6-19-20(10-16)32-14-31-19)15-4-3-9-26(13-15)33(29,30)17-11-18(23-12-17)22(28)25-7-1-2-8-25/h5-6,10-12,15,23H,1-4,7-9,13-14H2,(H,24,27)/t15-/m1/s1. The quantitative estimate of drug-likeness (QED) is 0.684. The number of nitrogens with one attached hydrogen (secondary N) is 2. The number of nitrogens with zero attached hydrogens (tertiary/aromatic N) is 2. The van der Waals surface area contributed by atoms with Gasteiger partial charge in [-0.3, -0.25) is 9.59 Å². The molecule has 4 heterocycles. The summed E-state index contributed by atoms with van der Waals surface area (Å²) in [4.78, 5) is 30.0. The number of sulfonamides is 1. The van der Waals surface area contributed by atoms with Gasteiger partial charge in [-0.05, 0) is 43.9 Å². The minimum Gasteiger partial charge on any atom is -0.454 e. The van der Waals surface area contributed by atoms with Crippen LogP contribution in [-0.4, -0.2) is 67.4 Å². The van der Waals surface area contributed by atoms with E-state index >= 15 is 0 Å². The smallest absolute Gasteiger partial charge is 0.270 e. The van der Waals surface area contributed by atoms with E-state index in [0.29, 0.717) is 49.7 Å². The van der Waals surface area contributed by atoms with Gasteiger partial charge >= 0.3 is 0 Å². The molecule has 1 aromatic carbocycles. The number of aromatic nitrogens is 1. The number of aromatic amines is 1. The van der Waals surface area contributed by atoms with Gasteiger partial charge in [0, 0.05) is 44.1 Å². The SMILES string of the molecule is O=C(Nc1ccc2c(c1)OCO2)[C@@H]1CCCN(S(=O)(=O)c2c[nH]c(C(=O)N3CCCC3)c2)C1. The molecule has 3 aliphatic heterocycles. The summed E-state index contributed by atoms with van der Waals surface area (Å²) in [5, 5.41) is 2.85. The van der Waals surface area contributed by atoms with Crippen molar-refractivity contribution in [1.82, 2.24) is 14.2 Å². The van der Waals surface area contributed by atoms with Gasteiger partial charge in [0.25, 0.3) is 5.91 Å². The Morgan fingerprint density at radius 1 is 1.03 bits per heavy atom. The lowest BCUT2D eigenvalue weighted by molar-refractivity contribution is -0.120. The maximum absolute atomic E-state index is 13.2. The Morgan fingerprint density at radius 2 is 1.82 bits per heavy atom. The highest BCUT2D eigenvalue weighted by molar-refractivity contribution is 7.89. The first-order chi connectivity index (χ1) is 15.9. The second-order valence-electron chi connectivity index (χ2n) is 8.51. The fraction of sp³-hybridized carbons (Fsp3) is 0.455. The molecule has 0 bridgehead atoms. The largest absolute Gasteiger partial charge is 0.454 e. The first kappa shape index (κ1) is 21.8. The van der Waals surface area contributed by atoms with Crippen LogP contribution in [0.25, 0.3) is 0 Å². The van der Waals surface area contributed by atoms with Crippen LogP contribution in [0.15, 0.2) is 35.4 Å². The minimum absolute atomic E-state index is 0.0434. The summed E-state index contributed by atoms with van der Waals surface area (Å²) < 4.78 is 38.4. The highest BCUT2D eigenvalue weighted by Gasteiger charge is 2.34. The third-order valence-electron chi connectivity index (χ3n) is 6.31. The number of benzene rings is 1. The molecule has 11 heteroatoms. The molecule has 2 N–H and O–H groups in total. The van der Waals surface area contributed by atoms with Gasteiger partial charge in [0.2, 0.25) is 22.7 Å². The van der Waals surface area contributed by atoms with Crippen molar-refractivity contribution in [3.8, 4) is 11.5 Å². The Balaban J connectivity index is 1.26. The molecule has 2 fully saturated rings. The van der Waals surface area contributed by atoms with E-state index in [0.717, 1.165) is 12.8 Å². The molecule has 0 spiro atoms. The van der Waals surface area contributed by atoms with Crippen molar-refractivity contribution in [2.75, 3.05) is 38.3 Å². The van der Waals surface area contributed by atoms with Crippen LogP contribution >= 0.6 is 0 Å². The predicted molar refractivity (Wildman–Crippen MR) is 119 cm³/mol. The molecular formula is C22H26N4O6S. The molecule has 0 aliphatic carbocycles. The lowest BCUT2D eigenvalue weighted by Crippen LogP contribution is -2.43. The second-order valence-corrected chi connectivity index (χ2v) is 10.4. The summed E-state index contributed by atoms with van der Waals surface area (Å²) in [5.74, 6) is 0.273. The van der Waals surface area contributed by atoms with Crippen molar-refractivity contribution in [3.63, 3.8) is 0 Å². The molecule has 1 atom stereocenters. The number of rotatable bonds is 5. The summed E-state index contributed by atoms with van der Waals surface area (Å²) in [7, 11) is -3.83. The minimum atomic E-state index is -3.83. The first-order valence-electron chi connectivity index (χ1n) is 11.1. The van der Waals surface area contributed by atoms with Crippen LogP contribution in [0.2, 0.25) is 0 Å². The summed E-state index contributed by atoms with van der Waals surface area (Å²) in [6.45, 7) is 1.93. The topological polar surface area (TPSA) is 121 Å². The average Bonchev–Trinajstić information content (AvgIpc) is 3.60. The Labute approximate surface area is 191 Å². The highest BCUT2D eigenvalue weighted by atomic mass is 32.2. The normalized spacial score (nSPS) is 20.7. The Bertz CT molecular complexity index is 1170. The maximum Gasteiger partial charge on any atom is 0.270 e. The van der Waals surface area contributed by atoms with Gasteiger partial charge in [-0.15, -0.1) is 0 Å². The van der Waals surface area contributed by atoms with E-state index in [-0.39, 0.29) is 35.7 Å². The van der Waals surface area contributed by atoms with Gasteiger partial charge in [0.05, 0.1) is 5.92 Å². The van der Waals surface area contributed by atoms with E-state index in [9.17, 15) is 18.0 Å². The molecular weight excluding hydrogens is 448 g/mol. The number of carbonyl (C=O) groups is 2. The van der Waals surface area contributed by atoms with Crippen molar-refractivity contribution < 1.29 is 27.5 Å². The molecule has 2 amide bonds. The number of ether oxygens (including phenoxy) is 2. The van der Waals surface area contributed by atoms with Gasteiger partial charge in [-0.1, -0.05) is 0 Å². The number of piperidine rings is 1. The van der Waals surface area contributed by atoms with Gasteiger partial charge in [-0.25, -0.2) is 8.42 Å². The Hall–Kier alpha value is -3.05. The number of fused-ring (bicyclic) bond motifs is 1. The maximum atomic E-state index is 13.2. The average molecular weight is 475 g/mol. The van der Waals surface area contributed by atoms with Crippen molar-refractivity contribution in [3.05, 3.63) is 36.2 Å². The highest BCUT2D eigenvalue weighted by Crippen LogP contribution is 2.34. The van der Waals surface area contributed by atoms with E-state index in [1.165, 1.54) is 16.6 Å². The third kappa shape index (κ3) is 4.30. The summed E-state index contributed by atoms with van der Waals surface area (Å²) in [5.41, 5.74) is 0.838. The second kappa shape index (κ2) is 8.71. The van der Waals surface area contributed by atoms with Crippen LogP contribution in [0.1, 0.15) is 36.2 Å². The number of anilines is 1. The Kier molecular flexibility index (Phi) is 5.75. The number of carbonyl (C=O) groups excluding carboxylic acids is 2. The number of hydrogen-bond donors (Lipinski definition) is 2. The summed E-state index contributed by atoms with van der Waals surface area (Å²) in [6.07, 6.45) is 4.44. The lowest BCUT2D eigenvalue weighted by Gasteiger charge is -2.31. The third-order valence-corrected chi connectivity index (χ3v) is 8.16. The van der Waals surface area contributed by atoms with Crippen LogP contribution in [0.3, 0.4) is 0 Å². The Morgan fingerprint density at radius 3 is 2.64 bits per heavy atom. The van der Waals surface area contributed by atoms with E-state index in [1.54, 1.807) is 23.1 Å². The molecule has 2 aromatic rings. The summed E-state index contributed by atoms with van der Waals surface area (Å²) >= 11 is 0. The molecule has 0 saturated carbocycles. The number of hydrogen-bond acceptors (Lipinski definition) is 6. The molecule has 2 saturated heterocycles. The van der Waals surface area contributed by atoms with Crippen molar-refractivity contribution in [2.45, 2.75) is 30.6 Å². The zero-order valence-corrected chi connectivity index (χ0v) is 18.9. The van der Waals surface area contributed by atoms with Crippen LogP contribution in [0, 0.1) is 5.92 Å². The van der Waals surface area contributed by atoms with E-state index in [1.807, 2.05) is 0 Å². The van der Waals surface area contributed by atoms with Crippen LogP contribution in [0.5, 0.6) is 11.5 Å². The zero-order valence-electron chi connectivity index (χ0n) is 18.1. The van der Waals surface area contributed by atoms with E-state index < -0.39 is 15.9 Å². The summed E-state index contributed by atoms with van der Waals surface area (Å²) in [6, 6.07) is 6.53. The van der Waals surface area contributed by atoms with Gasteiger partial charge in [-0.2, -0.15) is 4.31 Å². The van der Waals surface area contributed by atoms with Crippen molar-refractivity contribution in [2.24, 2.45) is 5.92 Å². The fourth-order valence-electron chi connectivity index (χ4n) is 4.48. The molecule has 10 nitrogen and oxygen atoms in total. The zero-order chi connectivity index (χ0) is 23.0.